The van der Waals surface area contributed by atoms with E-state index in [-0.39, 0.29) is 25.7 Å². The Bertz CT molecular complexity index is 2470. The van der Waals surface area contributed by atoms with Crippen LogP contribution in [0.1, 0.15) is 285 Å². The fourth-order valence-corrected chi connectivity index (χ4v) is 11.1. The fraction of sp³-hybridized carbons (Fsp3) is 0.654. The second-order valence-corrected chi connectivity index (χ2v) is 27.7. The Kier molecular flexibility index (Phi) is 68.6. The summed E-state index contributed by atoms with van der Waals surface area (Å²) in [5, 5.41) is 10.6. The molecule has 0 bridgehead atoms. The van der Waals surface area contributed by atoms with Gasteiger partial charge in [0.2, 0.25) is 0 Å². The number of esters is 4. The first-order chi connectivity index (χ1) is 48.7. The van der Waals surface area contributed by atoms with Crippen molar-refractivity contribution in [2.75, 3.05) is 39.6 Å². The van der Waals surface area contributed by atoms with Gasteiger partial charge in [0, 0.05) is 25.7 Å². The number of aliphatic hydroxyl groups excluding tert-OH is 1. The molecule has 0 aliphatic heterocycles. The molecule has 5 unspecified atom stereocenters. The number of phosphoric acid groups is 2. The van der Waals surface area contributed by atoms with E-state index >= 15 is 0 Å². The van der Waals surface area contributed by atoms with E-state index in [1.54, 1.807) is 0 Å². The van der Waals surface area contributed by atoms with Gasteiger partial charge >= 0.3 is 39.5 Å². The first-order valence-corrected chi connectivity index (χ1v) is 41.1. The first kappa shape index (κ1) is 94.9. The summed E-state index contributed by atoms with van der Waals surface area (Å²) in [7, 11) is -9.98. The van der Waals surface area contributed by atoms with Crippen molar-refractivity contribution in [2.45, 2.75) is 303 Å². The van der Waals surface area contributed by atoms with E-state index in [2.05, 4.69) is 174 Å². The van der Waals surface area contributed by atoms with Gasteiger partial charge in [0.25, 0.3) is 0 Å². The van der Waals surface area contributed by atoms with Crippen LogP contribution >= 0.6 is 15.6 Å². The predicted octanol–water partition coefficient (Wildman–Crippen LogP) is 21.9. The molecule has 0 radical (unpaired) electrons. The number of ether oxygens (including phenoxy) is 4. The maximum absolute atomic E-state index is 13.1. The molecule has 0 saturated carbocycles. The molecule has 100 heavy (non-hydrogen) atoms. The van der Waals surface area contributed by atoms with Crippen LogP contribution in [0.3, 0.4) is 0 Å². The van der Waals surface area contributed by atoms with E-state index in [1.165, 1.54) is 0 Å². The van der Waals surface area contributed by atoms with E-state index in [9.17, 15) is 43.2 Å². The van der Waals surface area contributed by atoms with Crippen molar-refractivity contribution in [3.8, 4) is 0 Å². The third-order valence-corrected chi connectivity index (χ3v) is 17.2. The molecule has 0 aliphatic rings. The monoisotopic (exact) mass is 1440 g/mol. The first-order valence-electron chi connectivity index (χ1n) is 38.1. The Morgan fingerprint density at radius 3 is 0.820 bits per heavy atom. The van der Waals surface area contributed by atoms with E-state index in [0.29, 0.717) is 32.1 Å². The van der Waals surface area contributed by atoms with Crippen molar-refractivity contribution in [3.63, 3.8) is 0 Å². The number of carbonyl (C=O) groups excluding carboxylic acids is 4. The lowest BCUT2D eigenvalue weighted by Crippen LogP contribution is -2.30. The van der Waals surface area contributed by atoms with Crippen molar-refractivity contribution in [3.05, 3.63) is 146 Å². The third kappa shape index (κ3) is 71.3. The average Bonchev–Trinajstić information content (AvgIpc) is 0.932. The molecule has 0 rings (SSSR count). The maximum atomic E-state index is 13.1. The number of phosphoric ester groups is 2. The van der Waals surface area contributed by atoms with Crippen LogP contribution in [-0.4, -0.2) is 96.7 Å². The van der Waals surface area contributed by atoms with Gasteiger partial charge in [-0.25, -0.2) is 9.13 Å². The molecule has 17 nitrogen and oxygen atoms in total. The smallest absolute Gasteiger partial charge is 0.462 e. The molecular formula is C81H134O17P2. The summed E-state index contributed by atoms with van der Waals surface area (Å²) in [6.45, 7) is 4.36. The van der Waals surface area contributed by atoms with Gasteiger partial charge in [-0.1, -0.05) is 251 Å². The van der Waals surface area contributed by atoms with E-state index in [4.69, 9.17) is 37.0 Å². The lowest BCUT2D eigenvalue weighted by Gasteiger charge is -2.21. The minimum atomic E-state index is -4.99. The fourth-order valence-electron chi connectivity index (χ4n) is 9.57. The van der Waals surface area contributed by atoms with E-state index in [0.717, 1.165) is 199 Å². The van der Waals surface area contributed by atoms with Crippen molar-refractivity contribution in [1.82, 2.24) is 0 Å². The van der Waals surface area contributed by atoms with Crippen molar-refractivity contribution in [1.29, 1.82) is 0 Å². The second kappa shape index (κ2) is 72.3. The van der Waals surface area contributed by atoms with Crippen molar-refractivity contribution < 1.29 is 80.2 Å². The Balaban J connectivity index is 5.42. The topological polar surface area (TPSA) is 237 Å². The number of hydrogen-bond acceptors (Lipinski definition) is 15. The molecular weight excluding hydrogens is 1310 g/mol. The van der Waals surface area contributed by atoms with Crippen LogP contribution in [0.2, 0.25) is 0 Å². The van der Waals surface area contributed by atoms with Crippen LogP contribution in [-0.2, 0) is 65.4 Å². The molecule has 0 heterocycles. The zero-order valence-corrected chi connectivity index (χ0v) is 63.9. The number of rotatable bonds is 70. The van der Waals surface area contributed by atoms with E-state index < -0.39 is 97.5 Å². The zero-order chi connectivity index (χ0) is 73.2. The summed E-state index contributed by atoms with van der Waals surface area (Å²) >= 11 is 0. The molecule has 5 atom stereocenters. The SMILES string of the molecule is CC/C=C\C/C=C\C/C=C\C/C=C\CCCCC(=O)OC(COC(=O)CCCCCCCCC/C=C\C/C=C\C/C=C\CC)COP(=O)(O)OCC(O)COP(=O)(O)OCC(COC(=O)CCCCCCC/C=C\C/C=C\C/C=C\CC)OC(=O)CCCCCCC/C=C\C/C=C\CCC. The Morgan fingerprint density at radius 1 is 0.290 bits per heavy atom. The lowest BCUT2D eigenvalue weighted by atomic mass is 10.1. The van der Waals surface area contributed by atoms with Crippen LogP contribution in [0.15, 0.2) is 146 Å². The summed E-state index contributed by atoms with van der Waals surface area (Å²) in [5.74, 6) is -2.27. The molecule has 0 aliphatic carbocycles. The molecule has 0 aromatic carbocycles. The number of carbonyl (C=O) groups is 4. The van der Waals surface area contributed by atoms with Crippen LogP contribution in [0.4, 0.5) is 0 Å². The van der Waals surface area contributed by atoms with Crippen molar-refractivity contribution >= 4 is 39.5 Å². The van der Waals surface area contributed by atoms with Gasteiger partial charge in [-0.2, -0.15) is 0 Å². The predicted molar refractivity (Wildman–Crippen MR) is 408 cm³/mol. The summed E-state index contributed by atoms with van der Waals surface area (Å²) in [5.41, 5.74) is 0. The third-order valence-electron chi connectivity index (χ3n) is 15.3. The Hall–Kier alpha value is -5.06. The summed E-state index contributed by atoms with van der Waals surface area (Å²) in [6.07, 6.45) is 81.3. The largest absolute Gasteiger partial charge is 0.472 e. The molecule has 0 fully saturated rings. The molecule has 0 aromatic heterocycles. The molecule has 3 N–H and O–H groups in total. The highest BCUT2D eigenvalue weighted by molar-refractivity contribution is 7.47. The Labute approximate surface area is 605 Å². The zero-order valence-electron chi connectivity index (χ0n) is 62.1. The van der Waals surface area contributed by atoms with Crippen LogP contribution < -0.4 is 0 Å². The van der Waals surface area contributed by atoms with Gasteiger partial charge in [-0.15, -0.1) is 0 Å². The molecule has 570 valence electrons. The van der Waals surface area contributed by atoms with Gasteiger partial charge in [0.1, 0.15) is 19.3 Å². The van der Waals surface area contributed by atoms with E-state index in [1.807, 2.05) is 0 Å². The van der Waals surface area contributed by atoms with Gasteiger partial charge in [0.15, 0.2) is 12.2 Å². The molecule has 0 amide bonds. The highest BCUT2D eigenvalue weighted by Gasteiger charge is 2.30. The molecule has 0 saturated heterocycles. The highest BCUT2D eigenvalue weighted by Crippen LogP contribution is 2.45. The van der Waals surface area contributed by atoms with Crippen LogP contribution in [0.25, 0.3) is 0 Å². The molecule has 0 spiro atoms. The van der Waals surface area contributed by atoms with Gasteiger partial charge in [-0.05, 0) is 154 Å². The van der Waals surface area contributed by atoms with Crippen molar-refractivity contribution in [2.24, 2.45) is 0 Å². The second-order valence-electron chi connectivity index (χ2n) is 24.8. The number of aliphatic hydroxyl groups is 1. The highest BCUT2D eigenvalue weighted by atomic mass is 31.2. The Morgan fingerprint density at radius 2 is 0.520 bits per heavy atom. The summed E-state index contributed by atoms with van der Waals surface area (Å²) in [6, 6.07) is 0. The average molecular weight is 1440 g/mol. The molecule has 0 aromatic rings. The van der Waals surface area contributed by atoms with Crippen LogP contribution in [0, 0.1) is 0 Å². The minimum absolute atomic E-state index is 0.0358. The maximum Gasteiger partial charge on any atom is 0.472 e. The molecule has 19 heteroatoms. The lowest BCUT2D eigenvalue weighted by molar-refractivity contribution is -0.161. The standard InChI is InChI=1S/C81H134O17P2/c1-5-9-13-17-21-25-29-33-36-37-40-43-46-50-54-58-62-66-79(84)92-72-77(98-81(86)68-64-60-56-52-48-44-39-35-31-27-23-19-15-11-7-3)74-96-100(89,90)94-70-75(82)69-93-99(87,88)95-73-76(97-80(85)67-63-59-55-51-47-41-32-28-24-20-16-12-8-4)71-91-78(83)65-61-57-53-49-45-42-38-34-30-26-22-18-14-10-6-2/h9-11,13-16,20-23,25-28,32-36,38-39,48,52,75-77,82H,5-8,12,17-19,24,29-31,37,40-47,49-51,53-74H2,1-4H3,(H,87,88)(H,89,90)/b13-9-,14-10-,15-11-,20-16-,25-21-,26-22-,27-23-,32-28-,36-33-,38-34-,39-35-,52-48-. The van der Waals surface area contributed by atoms with Crippen LogP contribution in [0.5, 0.6) is 0 Å². The summed E-state index contributed by atoms with van der Waals surface area (Å²) < 4.78 is 68.4. The number of allylic oxidation sites excluding steroid dienone is 24. The quantitative estimate of drug-likeness (QED) is 0.0169. The normalized spacial score (nSPS) is 14.8. The number of unbranched alkanes of at least 4 members (excludes halogenated alkanes) is 20. The van der Waals surface area contributed by atoms with Gasteiger partial charge in [0.05, 0.1) is 26.4 Å². The number of hydrogen-bond donors (Lipinski definition) is 3. The summed E-state index contributed by atoms with van der Waals surface area (Å²) in [4.78, 5) is 72.9. The minimum Gasteiger partial charge on any atom is -0.462 e. The van der Waals surface area contributed by atoms with Gasteiger partial charge in [-0.3, -0.25) is 37.3 Å². The van der Waals surface area contributed by atoms with Gasteiger partial charge < -0.3 is 33.8 Å².